The molecule has 1 aromatic carbocycles. The first-order chi connectivity index (χ1) is 32.7. The van der Waals surface area contributed by atoms with Gasteiger partial charge in [-0.1, -0.05) is 46.2 Å². The van der Waals surface area contributed by atoms with Gasteiger partial charge in [0, 0.05) is 31.4 Å². The van der Waals surface area contributed by atoms with E-state index in [0.717, 1.165) is 6.92 Å². The fraction of sp³-hybridized carbons (Fsp3) is 0.605. The number of rotatable bonds is 31. The molecule has 27 heteroatoms. The van der Waals surface area contributed by atoms with Crippen molar-refractivity contribution in [2.75, 3.05) is 18.1 Å². The smallest absolute Gasteiger partial charge is 0.245 e. The van der Waals surface area contributed by atoms with Gasteiger partial charge < -0.3 is 75.7 Å². The predicted octanol–water partition coefficient (Wildman–Crippen LogP) is -4.42. The molecule has 0 bridgehead atoms. The van der Waals surface area contributed by atoms with Crippen molar-refractivity contribution in [2.45, 2.75) is 135 Å². The van der Waals surface area contributed by atoms with Gasteiger partial charge in [0.05, 0.1) is 12.5 Å². The molecule has 0 spiro atoms. The quantitative estimate of drug-likeness (QED) is 0.0145. The average molecular weight is 1030 g/mol. The highest BCUT2D eigenvalue weighted by Crippen LogP contribution is 2.14. The molecule has 0 fully saturated rings. The zero-order chi connectivity index (χ0) is 53.4. The third kappa shape index (κ3) is 22.4. The van der Waals surface area contributed by atoms with Crippen LogP contribution in [0.1, 0.15) is 79.2 Å². The second-order valence-electron chi connectivity index (χ2n) is 17.0. The van der Waals surface area contributed by atoms with Gasteiger partial charge in [0.25, 0.3) is 0 Å². The summed E-state index contributed by atoms with van der Waals surface area (Å²) >= 11 is 8.28. The molecule has 10 atom stereocenters. The van der Waals surface area contributed by atoms with Crippen molar-refractivity contribution in [2.24, 2.45) is 39.8 Å². The van der Waals surface area contributed by atoms with Crippen molar-refractivity contribution >= 4 is 90.3 Å². The highest BCUT2D eigenvalue weighted by Gasteiger charge is 2.37. The van der Waals surface area contributed by atoms with E-state index in [-0.39, 0.29) is 55.6 Å². The number of aliphatic hydroxyl groups excluding tert-OH is 1. The fourth-order valence-electron chi connectivity index (χ4n) is 6.56. The number of aliphatic imine (C=N–C) groups is 1. The summed E-state index contributed by atoms with van der Waals surface area (Å²) < 4.78 is 0. The zero-order valence-corrected chi connectivity index (χ0v) is 41.9. The molecule has 0 aliphatic rings. The molecule has 0 saturated heterocycles. The summed E-state index contributed by atoms with van der Waals surface area (Å²) in [6.45, 7) is 9.35. The van der Waals surface area contributed by atoms with E-state index in [2.05, 4.69) is 72.8 Å². The molecule has 10 amide bonds. The minimum atomic E-state index is -1.81. The zero-order valence-electron chi connectivity index (χ0n) is 40.2. The number of amides is 10. The molecule has 0 radical (unpaired) electrons. The van der Waals surface area contributed by atoms with E-state index in [1.54, 1.807) is 27.7 Å². The lowest BCUT2D eigenvalue weighted by Crippen LogP contribution is -2.63. The van der Waals surface area contributed by atoms with Crippen LogP contribution in [0.2, 0.25) is 0 Å². The van der Waals surface area contributed by atoms with Crippen LogP contribution in [0.4, 0.5) is 0 Å². The van der Waals surface area contributed by atoms with Crippen molar-refractivity contribution in [1.82, 2.24) is 42.5 Å². The van der Waals surface area contributed by atoms with Crippen molar-refractivity contribution in [3.63, 3.8) is 0 Å². The fourth-order valence-corrected chi connectivity index (χ4v) is 7.08. The first kappa shape index (κ1) is 61.7. The number of nitrogens with one attached hydrogen (secondary N) is 8. The number of hydrogen-bond donors (Lipinski definition) is 16. The van der Waals surface area contributed by atoms with Crippen LogP contribution < -0.4 is 65.5 Å². The number of phenols is 1. The van der Waals surface area contributed by atoms with E-state index in [1.165, 1.54) is 31.2 Å². The Morgan fingerprint density at radius 2 is 1.07 bits per heavy atom. The molecule has 0 aliphatic heterocycles. The van der Waals surface area contributed by atoms with Gasteiger partial charge in [-0.25, -0.2) is 0 Å². The van der Waals surface area contributed by atoms with Crippen LogP contribution in [0.25, 0.3) is 0 Å². The Labute approximate surface area is 417 Å². The first-order valence-corrected chi connectivity index (χ1v) is 23.7. The summed E-state index contributed by atoms with van der Waals surface area (Å²) in [4.78, 5) is 135. The summed E-state index contributed by atoms with van der Waals surface area (Å²) in [5.41, 5.74) is 22.4. The molecule has 0 unspecified atom stereocenters. The van der Waals surface area contributed by atoms with Crippen LogP contribution in [-0.4, -0.2) is 148 Å². The third-order valence-electron chi connectivity index (χ3n) is 10.5. The number of carbonyl (C=O) groups is 10. The normalized spacial score (nSPS) is 15.3. The van der Waals surface area contributed by atoms with Gasteiger partial charge in [-0.05, 0) is 55.7 Å². The largest absolute Gasteiger partial charge is 0.508 e. The van der Waals surface area contributed by atoms with Gasteiger partial charge in [-0.2, -0.15) is 25.3 Å². The molecule has 0 aromatic heterocycles. The van der Waals surface area contributed by atoms with E-state index in [1.807, 2.05) is 0 Å². The lowest BCUT2D eigenvalue weighted by molar-refractivity contribution is -0.138. The standard InChI is InChI=1S/C43H71N13O12S2/c1-7-21(4)33(55-38(64)28(15-20(2)3)52-39(65)30(18-69)49-23(6)58)41(67)56-34(22(5)57)42(68)53-29(17-32(44)60)37(63)54-31(19-70)40(66)50-26(9-8-14-48-43(46)47)36(62)51-27(35(45)61)16-24-10-12-25(59)13-11-24/h10-13,20-22,26-31,33-34,57,59,69-70H,7-9,14-19H2,1-6H3,(H2,44,60)(H2,45,61)(H,49,58)(H,50,66)(H,51,62)(H,52,65)(H,53,68)(H,54,63)(H,55,64)(H,56,67)(H4,46,47,48)/t21-,22+,26-,27-,28-,29-,30+,31-,33-,34-/m0/s1. The Hall–Kier alpha value is -6.35. The lowest BCUT2D eigenvalue weighted by atomic mass is 9.96. The number of thiol groups is 2. The lowest BCUT2D eigenvalue weighted by Gasteiger charge is -2.30. The van der Waals surface area contributed by atoms with Crippen LogP contribution in [0.15, 0.2) is 29.3 Å². The van der Waals surface area contributed by atoms with Gasteiger partial charge in [0.15, 0.2) is 5.96 Å². The summed E-state index contributed by atoms with van der Waals surface area (Å²) in [5.74, 6) is -10.5. The second kappa shape index (κ2) is 31.0. The maximum atomic E-state index is 13.9. The molecular formula is C43H71N13O12S2. The number of phenolic OH excluding ortho intramolecular Hbond substituents is 1. The first-order valence-electron chi connectivity index (χ1n) is 22.4. The molecule has 25 nitrogen and oxygen atoms in total. The number of primary amides is 2. The predicted molar refractivity (Wildman–Crippen MR) is 264 cm³/mol. The monoisotopic (exact) mass is 1030 g/mol. The van der Waals surface area contributed by atoms with Gasteiger partial charge in [-0.15, -0.1) is 0 Å². The SMILES string of the molecule is CC[C@H](C)[C@H](NC(=O)[C@H](CC(C)C)NC(=O)[C@@H](CS)NC(C)=O)C(=O)N[C@H](C(=O)N[C@@H](CC(N)=O)C(=O)N[C@@H](CS)C(=O)N[C@@H](CCCN=C(N)N)C(=O)N[C@@H](Cc1ccc(O)cc1)C(N)=O)[C@@H](C)O. The van der Waals surface area contributed by atoms with Crippen LogP contribution in [0, 0.1) is 11.8 Å². The van der Waals surface area contributed by atoms with Gasteiger partial charge in [-0.3, -0.25) is 52.9 Å². The molecule has 0 aliphatic carbocycles. The van der Waals surface area contributed by atoms with Crippen LogP contribution in [-0.2, 0) is 54.4 Å². The summed E-state index contributed by atoms with van der Waals surface area (Å²) in [6, 6.07) is -5.59. The molecule has 0 heterocycles. The van der Waals surface area contributed by atoms with E-state index < -0.39 is 132 Å². The topological polar surface area (TPSA) is 424 Å². The molecule has 18 N–H and O–H groups in total. The number of guanidine groups is 1. The van der Waals surface area contributed by atoms with Gasteiger partial charge in [0.2, 0.25) is 59.1 Å². The molecule has 0 saturated carbocycles. The van der Waals surface area contributed by atoms with Crippen molar-refractivity contribution < 1.29 is 58.2 Å². The van der Waals surface area contributed by atoms with Gasteiger partial charge in [0.1, 0.15) is 54.1 Å². The third-order valence-corrected chi connectivity index (χ3v) is 11.3. The van der Waals surface area contributed by atoms with Crippen LogP contribution in [0.3, 0.4) is 0 Å². The Morgan fingerprint density at radius 3 is 1.56 bits per heavy atom. The second-order valence-corrected chi connectivity index (χ2v) is 17.8. The molecular weight excluding hydrogens is 955 g/mol. The Bertz CT molecular complexity index is 2010. The van der Waals surface area contributed by atoms with Crippen molar-refractivity contribution in [3.8, 4) is 5.75 Å². The number of carbonyl (C=O) groups excluding carboxylic acids is 10. The minimum absolute atomic E-state index is 0.0356. The molecule has 1 aromatic rings. The number of nitrogens with two attached hydrogens (primary N) is 4. The van der Waals surface area contributed by atoms with E-state index >= 15 is 0 Å². The highest BCUT2D eigenvalue weighted by molar-refractivity contribution is 7.80. The highest BCUT2D eigenvalue weighted by atomic mass is 32.1. The molecule has 392 valence electrons. The average Bonchev–Trinajstić information content (AvgIpc) is 3.27. The summed E-state index contributed by atoms with van der Waals surface area (Å²) in [6.07, 6.45) is -2.06. The number of hydrogen-bond acceptors (Lipinski definition) is 15. The van der Waals surface area contributed by atoms with Crippen molar-refractivity contribution in [3.05, 3.63) is 29.8 Å². The van der Waals surface area contributed by atoms with E-state index in [9.17, 15) is 58.2 Å². The number of aromatic hydroxyl groups is 1. The van der Waals surface area contributed by atoms with Crippen molar-refractivity contribution in [1.29, 1.82) is 0 Å². The molecule has 1 rings (SSSR count). The number of nitrogens with zero attached hydrogens (tertiary/aromatic N) is 1. The maximum Gasteiger partial charge on any atom is 0.245 e. The maximum absolute atomic E-state index is 13.9. The van der Waals surface area contributed by atoms with E-state index in [0.29, 0.717) is 12.0 Å². The van der Waals surface area contributed by atoms with Gasteiger partial charge >= 0.3 is 0 Å². The van der Waals surface area contributed by atoms with E-state index in [4.69, 9.17) is 22.9 Å². The Balaban J connectivity index is 3.35. The summed E-state index contributed by atoms with van der Waals surface area (Å²) in [5, 5.41) is 40.0. The Morgan fingerprint density at radius 1 is 0.614 bits per heavy atom. The molecule has 70 heavy (non-hydrogen) atoms. The summed E-state index contributed by atoms with van der Waals surface area (Å²) in [7, 11) is 0. The number of benzene rings is 1. The minimum Gasteiger partial charge on any atom is -0.508 e. The van der Waals surface area contributed by atoms with Crippen LogP contribution >= 0.6 is 25.3 Å². The number of aliphatic hydroxyl groups is 1. The van der Waals surface area contributed by atoms with Crippen LogP contribution in [0.5, 0.6) is 5.75 Å². The Kier molecular flexibility index (Phi) is 27.3.